The molecule has 0 saturated heterocycles. The van der Waals surface area contributed by atoms with Gasteiger partial charge in [-0.25, -0.2) is 4.79 Å². The highest BCUT2D eigenvalue weighted by molar-refractivity contribution is 5.74. The summed E-state index contributed by atoms with van der Waals surface area (Å²) in [6, 6.07) is -0.147. The summed E-state index contributed by atoms with van der Waals surface area (Å²) >= 11 is 0. The molecule has 0 saturated carbocycles. The SMILES string of the molecule is CC(C)CCN(C)C(=O)NC(C)(C)CCC(=O)O. The normalized spacial score (nSPS) is 11.4. The van der Waals surface area contributed by atoms with Crippen LogP contribution >= 0.6 is 0 Å². The number of rotatable bonds is 7. The molecule has 106 valence electrons. The predicted molar refractivity (Wildman–Crippen MR) is 71.6 cm³/mol. The molecule has 0 aliphatic heterocycles. The topological polar surface area (TPSA) is 69.6 Å². The van der Waals surface area contributed by atoms with Crippen molar-refractivity contribution in [2.45, 2.75) is 52.5 Å². The number of urea groups is 1. The number of nitrogens with zero attached hydrogens (tertiary/aromatic N) is 1. The molecule has 0 rings (SSSR count). The van der Waals surface area contributed by atoms with E-state index in [1.807, 2.05) is 13.8 Å². The van der Waals surface area contributed by atoms with Crippen molar-refractivity contribution in [3.05, 3.63) is 0 Å². The Balaban J connectivity index is 4.15. The monoisotopic (exact) mass is 258 g/mol. The molecular formula is C13H26N2O3. The molecule has 0 aromatic carbocycles. The molecule has 0 aromatic heterocycles. The predicted octanol–water partition coefficient (Wildman–Crippen LogP) is 2.32. The van der Waals surface area contributed by atoms with E-state index in [0.29, 0.717) is 18.9 Å². The summed E-state index contributed by atoms with van der Waals surface area (Å²) in [6.45, 7) is 8.61. The maximum atomic E-state index is 11.9. The minimum Gasteiger partial charge on any atom is -0.481 e. The zero-order valence-electron chi connectivity index (χ0n) is 12.1. The van der Waals surface area contributed by atoms with E-state index in [4.69, 9.17) is 5.11 Å². The summed E-state index contributed by atoms with van der Waals surface area (Å²) in [4.78, 5) is 24.0. The van der Waals surface area contributed by atoms with E-state index in [1.165, 1.54) is 0 Å². The minimum absolute atomic E-state index is 0.0585. The van der Waals surface area contributed by atoms with Gasteiger partial charge in [-0.1, -0.05) is 13.8 Å². The zero-order valence-corrected chi connectivity index (χ0v) is 12.1. The summed E-state index contributed by atoms with van der Waals surface area (Å²) in [7, 11) is 1.75. The van der Waals surface area contributed by atoms with E-state index in [0.717, 1.165) is 6.42 Å². The number of aliphatic carboxylic acids is 1. The lowest BCUT2D eigenvalue weighted by molar-refractivity contribution is -0.137. The van der Waals surface area contributed by atoms with Crippen molar-refractivity contribution < 1.29 is 14.7 Å². The van der Waals surface area contributed by atoms with E-state index in [2.05, 4.69) is 19.2 Å². The number of carbonyl (C=O) groups is 2. The van der Waals surface area contributed by atoms with Crippen molar-refractivity contribution in [1.82, 2.24) is 10.2 Å². The first kappa shape index (κ1) is 16.7. The summed E-state index contributed by atoms with van der Waals surface area (Å²) in [5.74, 6) is -0.286. The summed E-state index contributed by atoms with van der Waals surface area (Å²) in [5, 5.41) is 11.5. The van der Waals surface area contributed by atoms with Gasteiger partial charge in [0.25, 0.3) is 0 Å². The van der Waals surface area contributed by atoms with E-state index in [9.17, 15) is 9.59 Å². The Kier molecular flexibility index (Phi) is 6.73. The molecule has 0 spiro atoms. The highest BCUT2D eigenvalue weighted by atomic mass is 16.4. The maximum Gasteiger partial charge on any atom is 0.317 e. The Labute approximate surface area is 110 Å². The second-order valence-electron chi connectivity index (χ2n) is 5.81. The molecule has 5 heteroatoms. The van der Waals surface area contributed by atoms with Crippen molar-refractivity contribution in [1.29, 1.82) is 0 Å². The third-order valence-corrected chi connectivity index (χ3v) is 2.80. The lowest BCUT2D eigenvalue weighted by Crippen LogP contribution is -2.49. The second-order valence-corrected chi connectivity index (χ2v) is 5.81. The molecule has 0 bridgehead atoms. The van der Waals surface area contributed by atoms with E-state index in [1.54, 1.807) is 11.9 Å². The van der Waals surface area contributed by atoms with Gasteiger partial charge in [0.1, 0.15) is 0 Å². The number of carbonyl (C=O) groups excluding carboxylic acids is 1. The fraction of sp³-hybridized carbons (Fsp3) is 0.846. The highest BCUT2D eigenvalue weighted by Crippen LogP contribution is 2.12. The molecule has 5 nitrogen and oxygen atoms in total. The average Bonchev–Trinajstić information content (AvgIpc) is 2.22. The van der Waals surface area contributed by atoms with Gasteiger partial charge in [0, 0.05) is 25.6 Å². The molecule has 0 aliphatic carbocycles. The first-order chi connectivity index (χ1) is 8.14. The molecule has 0 atom stereocenters. The molecule has 0 aromatic rings. The second kappa shape index (κ2) is 7.24. The quantitative estimate of drug-likeness (QED) is 0.736. The van der Waals surface area contributed by atoms with Crippen LogP contribution in [0.25, 0.3) is 0 Å². The smallest absolute Gasteiger partial charge is 0.317 e. The van der Waals surface area contributed by atoms with Crippen LogP contribution in [0, 0.1) is 5.92 Å². The fourth-order valence-electron chi connectivity index (χ4n) is 1.42. The van der Waals surface area contributed by atoms with Crippen LogP contribution in [0.2, 0.25) is 0 Å². The van der Waals surface area contributed by atoms with Crippen molar-refractivity contribution in [2.24, 2.45) is 5.92 Å². The third-order valence-electron chi connectivity index (χ3n) is 2.80. The zero-order chi connectivity index (χ0) is 14.3. The molecule has 2 N–H and O–H groups in total. The van der Waals surface area contributed by atoms with E-state index in [-0.39, 0.29) is 12.5 Å². The molecular weight excluding hydrogens is 232 g/mol. The van der Waals surface area contributed by atoms with Crippen LogP contribution < -0.4 is 5.32 Å². The molecule has 0 aliphatic rings. The van der Waals surface area contributed by atoms with Crippen LogP contribution in [-0.4, -0.2) is 41.1 Å². The molecule has 0 radical (unpaired) electrons. The van der Waals surface area contributed by atoms with Crippen molar-refractivity contribution in [2.75, 3.05) is 13.6 Å². The fourth-order valence-corrected chi connectivity index (χ4v) is 1.42. The van der Waals surface area contributed by atoms with Crippen LogP contribution in [0.4, 0.5) is 4.79 Å². The molecule has 0 heterocycles. The van der Waals surface area contributed by atoms with Gasteiger partial charge in [-0.3, -0.25) is 4.79 Å². The van der Waals surface area contributed by atoms with Crippen LogP contribution in [0.5, 0.6) is 0 Å². The largest absolute Gasteiger partial charge is 0.481 e. The molecule has 0 fully saturated rings. The van der Waals surface area contributed by atoms with Crippen LogP contribution in [0.15, 0.2) is 0 Å². The van der Waals surface area contributed by atoms with Crippen LogP contribution in [-0.2, 0) is 4.79 Å². The van der Waals surface area contributed by atoms with Gasteiger partial charge in [0.2, 0.25) is 0 Å². The number of carboxylic acids is 1. The molecule has 2 amide bonds. The Morgan fingerprint density at radius 2 is 1.89 bits per heavy atom. The van der Waals surface area contributed by atoms with Crippen molar-refractivity contribution >= 4 is 12.0 Å². The van der Waals surface area contributed by atoms with E-state index >= 15 is 0 Å². The Bertz CT molecular complexity index is 288. The van der Waals surface area contributed by atoms with Crippen molar-refractivity contribution in [3.8, 4) is 0 Å². The minimum atomic E-state index is -0.842. The van der Waals surface area contributed by atoms with Gasteiger partial charge < -0.3 is 15.3 Å². The maximum absolute atomic E-state index is 11.9. The van der Waals surface area contributed by atoms with E-state index < -0.39 is 11.5 Å². The Morgan fingerprint density at radius 3 is 2.33 bits per heavy atom. The van der Waals surface area contributed by atoms with Gasteiger partial charge in [0.15, 0.2) is 0 Å². The lowest BCUT2D eigenvalue weighted by atomic mass is 9.99. The molecule has 0 unspecified atom stereocenters. The Hall–Kier alpha value is -1.26. The number of hydrogen-bond donors (Lipinski definition) is 2. The van der Waals surface area contributed by atoms with Crippen LogP contribution in [0.3, 0.4) is 0 Å². The first-order valence-electron chi connectivity index (χ1n) is 6.39. The van der Waals surface area contributed by atoms with Gasteiger partial charge in [-0.15, -0.1) is 0 Å². The highest BCUT2D eigenvalue weighted by Gasteiger charge is 2.23. The van der Waals surface area contributed by atoms with Crippen molar-refractivity contribution in [3.63, 3.8) is 0 Å². The van der Waals surface area contributed by atoms with Crippen LogP contribution in [0.1, 0.15) is 47.0 Å². The summed E-state index contributed by atoms with van der Waals surface area (Å²) in [6.07, 6.45) is 1.44. The standard InChI is InChI=1S/C13H26N2O3/c1-10(2)7-9-15(5)12(18)14-13(3,4)8-6-11(16)17/h10H,6-9H2,1-5H3,(H,14,18)(H,16,17). The lowest BCUT2D eigenvalue weighted by Gasteiger charge is -2.29. The van der Waals surface area contributed by atoms with Gasteiger partial charge in [-0.05, 0) is 32.6 Å². The summed E-state index contributed by atoms with van der Waals surface area (Å²) < 4.78 is 0. The average molecular weight is 258 g/mol. The molecule has 18 heavy (non-hydrogen) atoms. The first-order valence-corrected chi connectivity index (χ1v) is 6.39. The van der Waals surface area contributed by atoms with Gasteiger partial charge >= 0.3 is 12.0 Å². The number of carboxylic acid groups (broad SMARTS) is 1. The number of amides is 2. The summed E-state index contributed by atoms with van der Waals surface area (Å²) in [5.41, 5.74) is -0.498. The number of hydrogen-bond acceptors (Lipinski definition) is 2. The van der Waals surface area contributed by atoms with Gasteiger partial charge in [0.05, 0.1) is 0 Å². The Morgan fingerprint density at radius 1 is 1.33 bits per heavy atom. The van der Waals surface area contributed by atoms with Gasteiger partial charge in [-0.2, -0.15) is 0 Å². The third kappa shape index (κ3) is 7.92. The number of nitrogens with one attached hydrogen (secondary N) is 1.